The zero-order chi connectivity index (χ0) is 15.8. The molecule has 1 aromatic rings. The highest BCUT2D eigenvalue weighted by Crippen LogP contribution is 2.10. The zero-order valence-corrected chi connectivity index (χ0v) is 12.6. The van der Waals surface area contributed by atoms with Crippen LogP contribution in [0.4, 0.5) is 0 Å². The van der Waals surface area contributed by atoms with Gasteiger partial charge in [0.1, 0.15) is 0 Å². The van der Waals surface area contributed by atoms with Crippen LogP contribution in [0.15, 0.2) is 28.7 Å². The second-order valence-electron chi connectivity index (χ2n) is 4.18. The Hall–Kier alpha value is -1.93. The lowest BCUT2D eigenvalue weighted by Crippen LogP contribution is -2.38. The van der Waals surface area contributed by atoms with Crippen molar-refractivity contribution in [2.24, 2.45) is 0 Å². The molecule has 1 rings (SSSR count). The Morgan fingerprint density at radius 2 is 1.76 bits per heavy atom. The SMILES string of the molecule is O=C(CNC(=O)c1ccc(Br)cc1)NCC[C@H](O)C(=O)O. The number of carbonyl (C=O) groups is 3. The van der Waals surface area contributed by atoms with E-state index < -0.39 is 18.0 Å². The van der Waals surface area contributed by atoms with E-state index in [0.29, 0.717) is 5.56 Å². The average Bonchev–Trinajstić information content (AvgIpc) is 2.45. The third-order valence-electron chi connectivity index (χ3n) is 2.54. The van der Waals surface area contributed by atoms with Gasteiger partial charge in [0.2, 0.25) is 5.91 Å². The summed E-state index contributed by atoms with van der Waals surface area (Å²) in [7, 11) is 0. The van der Waals surface area contributed by atoms with Crippen molar-refractivity contribution in [2.75, 3.05) is 13.1 Å². The maximum absolute atomic E-state index is 11.7. The monoisotopic (exact) mass is 358 g/mol. The molecule has 0 fully saturated rings. The minimum Gasteiger partial charge on any atom is -0.479 e. The lowest BCUT2D eigenvalue weighted by atomic mass is 10.2. The average molecular weight is 359 g/mol. The highest BCUT2D eigenvalue weighted by atomic mass is 79.9. The molecule has 1 atom stereocenters. The van der Waals surface area contributed by atoms with Crippen LogP contribution in [-0.4, -0.2) is 47.2 Å². The number of aliphatic hydroxyl groups is 1. The van der Waals surface area contributed by atoms with E-state index in [1.165, 1.54) is 0 Å². The standard InChI is InChI=1S/C13H15BrN2O5/c14-9-3-1-8(2-4-9)12(19)16-7-11(18)15-6-5-10(17)13(20)21/h1-4,10,17H,5-7H2,(H,15,18)(H,16,19)(H,20,21)/t10-/m0/s1. The van der Waals surface area contributed by atoms with E-state index in [1.807, 2.05) is 0 Å². The Labute approximate surface area is 129 Å². The minimum atomic E-state index is -1.51. The van der Waals surface area contributed by atoms with Crippen LogP contribution < -0.4 is 10.6 Å². The number of carboxylic acids is 1. The molecule has 0 saturated heterocycles. The Morgan fingerprint density at radius 1 is 1.14 bits per heavy atom. The van der Waals surface area contributed by atoms with Crippen LogP contribution in [0.5, 0.6) is 0 Å². The first-order valence-electron chi connectivity index (χ1n) is 6.11. The number of hydrogen-bond acceptors (Lipinski definition) is 4. The van der Waals surface area contributed by atoms with Crippen LogP contribution in [0.3, 0.4) is 0 Å². The van der Waals surface area contributed by atoms with Gasteiger partial charge in [-0.3, -0.25) is 9.59 Å². The minimum absolute atomic E-state index is 0.0143. The fourth-order valence-corrected chi connectivity index (χ4v) is 1.66. The molecule has 0 aliphatic heterocycles. The molecule has 0 aliphatic carbocycles. The smallest absolute Gasteiger partial charge is 0.332 e. The van der Waals surface area contributed by atoms with E-state index in [9.17, 15) is 14.4 Å². The van der Waals surface area contributed by atoms with Crippen LogP contribution in [0, 0.1) is 0 Å². The Balaban J connectivity index is 2.28. The molecule has 0 spiro atoms. The van der Waals surface area contributed by atoms with Crippen LogP contribution >= 0.6 is 15.9 Å². The van der Waals surface area contributed by atoms with Crippen LogP contribution in [0.1, 0.15) is 16.8 Å². The Morgan fingerprint density at radius 3 is 2.33 bits per heavy atom. The van der Waals surface area contributed by atoms with Crippen molar-refractivity contribution < 1.29 is 24.6 Å². The predicted octanol–water partition coefficient (Wildman–Crippen LogP) is 0.131. The van der Waals surface area contributed by atoms with Gasteiger partial charge in [-0.2, -0.15) is 0 Å². The number of carboxylic acid groups (broad SMARTS) is 1. The molecule has 0 aliphatic rings. The van der Waals surface area contributed by atoms with Gasteiger partial charge in [-0.15, -0.1) is 0 Å². The lowest BCUT2D eigenvalue weighted by molar-refractivity contribution is -0.147. The normalized spacial score (nSPS) is 11.5. The molecular weight excluding hydrogens is 344 g/mol. The summed E-state index contributed by atoms with van der Waals surface area (Å²) >= 11 is 3.25. The van der Waals surface area contributed by atoms with Crippen molar-refractivity contribution in [3.8, 4) is 0 Å². The molecular formula is C13H15BrN2O5. The van der Waals surface area contributed by atoms with Crippen molar-refractivity contribution in [3.05, 3.63) is 34.3 Å². The molecule has 0 unspecified atom stereocenters. The van der Waals surface area contributed by atoms with Gasteiger partial charge < -0.3 is 20.8 Å². The molecule has 8 heteroatoms. The summed E-state index contributed by atoms with van der Waals surface area (Å²) < 4.78 is 0.841. The van der Waals surface area contributed by atoms with E-state index >= 15 is 0 Å². The van der Waals surface area contributed by atoms with Gasteiger partial charge in [0.05, 0.1) is 6.54 Å². The summed E-state index contributed by atoms with van der Waals surface area (Å²) in [5.74, 6) is -2.19. The fraction of sp³-hybridized carbons (Fsp3) is 0.308. The molecule has 7 nitrogen and oxygen atoms in total. The zero-order valence-electron chi connectivity index (χ0n) is 11.0. The third kappa shape index (κ3) is 6.37. The summed E-state index contributed by atoms with van der Waals surface area (Å²) in [5, 5.41) is 22.3. The first kappa shape index (κ1) is 17.1. The number of aliphatic carboxylic acids is 1. The number of hydrogen-bond donors (Lipinski definition) is 4. The summed E-state index contributed by atoms with van der Waals surface area (Å²) in [5.41, 5.74) is 0.423. The molecule has 1 aromatic carbocycles. The first-order valence-corrected chi connectivity index (χ1v) is 6.91. The summed E-state index contributed by atoms with van der Waals surface area (Å²) in [4.78, 5) is 33.5. The van der Waals surface area contributed by atoms with Gasteiger partial charge in [0, 0.05) is 23.0 Å². The molecule has 4 N–H and O–H groups in total. The van der Waals surface area contributed by atoms with Crippen molar-refractivity contribution in [1.82, 2.24) is 10.6 Å². The van der Waals surface area contributed by atoms with Crippen molar-refractivity contribution in [3.63, 3.8) is 0 Å². The van der Waals surface area contributed by atoms with Crippen molar-refractivity contribution in [2.45, 2.75) is 12.5 Å². The number of halogens is 1. The number of nitrogens with one attached hydrogen (secondary N) is 2. The third-order valence-corrected chi connectivity index (χ3v) is 3.07. The van der Waals surface area contributed by atoms with E-state index in [1.54, 1.807) is 24.3 Å². The Bertz CT molecular complexity index is 518. The van der Waals surface area contributed by atoms with Crippen molar-refractivity contribution in [1.29, 1.82) is 0 Å². The number of amides is 2. The largest absolute Gasteiger partial charge is 0.479 e. The fourth-order valence-electron chi connectivity index (χ4n) is 1.40. The van der Waals surface area contributed by atoms with Gasteiger partial charge in [-0.25, -0.2) is 4.79 Å². The predicted molar refractivity (Wildman–Crippen MR) is 77.7 cm³/mol. The second-order valence-corrected chi connectivity index (χ2v) is 5.10. The molecule has 0 bridgehead atoms. The van der Waals surface area contributed by atoms with Gasteiger partial charge in [-0.05, 0) is 24.3 Å². The number of rotatable bonds is 7. The Kier molecular flexibility index (Phi) is 6.83. The maximum Gasteiger partial charge on any atom is 0.332 e. The summed E-state index contributed by atoms with van der Waals surface area (Å²) in [6.07, 6.45) is -1.61. The van der Waals surface area contributed by atoms with Gasteiger partial charge in [0.15, 0.2) is 6.10 Å². The van der Waals surface area contributed by atoms with Crippen LogP contribution in [0.2, 0.25) is 0 Å². The van der Waals surface area contributed by atoms with Gasteiger partial charge in [0.25, 0.3) is 5.91 Å². The van der Waals surface area contributed by atoms with E-state index in [4.69, 9.17) is 10.2 Å². The molecule has 0 aromatic heterocycles. The molecule has 0 saturated carbocycles. The highest BCUT2D eigenvalue weighted by molar-refractivity contribution is 9.10. The number of aliphatic hydroxyl groups excluding tert-OH is 1. The first-order chi connectivity index (χ1) is 9.90. The van der Waals surface area contributed by atoms with Crippen LogP contribution in [0.25, 0.3) is 0 Å². The lowest BCUT2D eigenvalue weighted by Gasteiger charge is -2.08. The quantitative estimate of drug-likeness (QED) is 0.552. The van der Waals surface area contributed by atoms with Crippen LogP contribution in [-0.2, 0) is 9.59 Å². The topological polar surface area (TPSA) is 116 Å². The molecule has 114 valence electrons. The molecule has 21 heavy (non-hydrogen) atoms. The summed E-state index contributed by atoms with van der Waals surface area (Å²) in [6.45, 7) is -0.210. The maximum atomic E-state index is 11.7. The van der Waals surface area contributed by atoms with Gasteiger partial charge in [-0.1, -0.05) is 15.9 Å². The van der Waals surface area contributed by atoms with Crippen molar-refractivity contribution >= 4 is 33.7 Å². The highest BCUT2D eigenvalue weighted by Gasteiger charge is 2.13. The van der Waals surface area contributed by atoms with E-state index in [2.05, 4.69) is 26.6 Å². The summed E-state index contributed by atoms with van der Waals surface area (Å²) in [6, 6.07) is 6.64. The van der Waals surface area contributed by atoms with E-state index in [0.717, 1.165) is 4.47 Å². The van der Waals surface area contributed by atoms with E-state index in [-0.39, 0.29) is 25.4 Å². The molecule has 0 heterocycles. The number of carbonyl (C=O) groups excluding carboxylic acids is 2. The van der Waals surface area contributed by atoms with Gasteiger partial charge >= 0.3 is 5.97 Å². The molecule has 0 radical (unpaired) electrons. The molecule has 2 amide bonds. The second kappa shape index (κ2) is 8.38. The number of benzene rings is 1.